The Hall–Kier alpha value is -3.59. The summed E-state index contributed by atoms with van der Waals surface area (Å²) in [5.41, 5.74) is 2.12. The van der Waals surface area contributed by atoms with Crippen molar-refractivity contribution >= 4 is 46.4 Å². The van der Waals surface area contributed by atoms with Crippen LogP contribution in [0.5, 0.6) is 11.5 Å². The highest BCUT2D eigenvalue weighted by Gasteiger charge is 2.29. The van der Waals surface area contributed by atoms with Crippen molar-refractivity contribution in [3.05, 3.63) is 47.0 Å². The molecule has 2 heterocycles. The molecule has 10 heteroatoms. The predicted octanol–water partition coefficient (Wildman–Crippen LogP) is 3.39. The van der Waals surface area contributed by atoms with E-state index in [1.807, 2.05) is 6.92 Å². The summed E-state index contributed by atoms with van der Waals surface area (Å²) in [6, 6.07) is 10.3. The van der Waals surface area contributed by atoms with Gasteiger partial charge in [0.2, 0.25) is 11.8 Å². The molecule has 0 aliphatic carbocycles. The van der Waals surface area contributed by atoms with Gasteiger partial charge in [0.1, 0.15) is 25.5 Å². The molecule has 2 aromatic carbocycles. The molecule has 2 aliphatic rings. The molecular weight excluding hydrogens is 460 g/mol. The molecule has 0 aromatic heterocycles. The van der Waals surface area contributed by atoms with Crippen LogP contribution in [0, 0.1) is 6.92 Å². The molecule has 2 aliphatic heterocycles. The number of hydrogen-bond donors (Lipinski definition) is 1. The maximum absolute atomic E-state index is 13.1. The maximum Gasteiger partial charge on any atom is 0.270 e. The Balaban J connectivity index is 1.45. The molecule has 9 nitrogen and oxygen atoms in total. The summed E-state index contributed by atoms with van der Waals surface area (Å²) >= 11 is 6.19. The highest BCUT2D eigenvalue weighted by molar-refractivity contribution is 6.40. The number of aryl methyl sites for hydroxylation is 1. The van der Waals surface area contributed by atoms with E-state index in [9.17, 15) is 14.4 Å². The summed E-state index contributed by atoms with van der Waals surface area (Å²) < 4.78 is 11.0. The van der Waals surface area contributed by atoms with Crippen LogP contribution in [0.25, 0.3) is 0 Å². The number of likely N-dealkylation sites (N-methyl/N-ethyl adjacent to an activating group) is 1. The van der Waals surface area contributed by atoms with Gasteiger partial charge in [-0.2, -0.15) is 5.10 Å². The first-order valence-electron chi connectivity index (χ1n) is 11.0. The fraction of sp³-hybridized carbons (Fsp3) is 0.333. The van der Waals surface area contributed by atoms with Crippen molar-refractivity contribution in [1.82, 2.24) is 4.90 Å². The first-order chi connectivity index (χ1) is 16.4. The van der Waals surface area contributed by atoms with Crippen LogP contribution >= 0.6 is 11.6 Å². The Kier molecular flexibility index (Phi) is 7.02. The topological polar surface area (TPSA) is 101 Å². The third-order valence-electron chi connectivity index (χ3n) is 5.51. The van der Waals surface area contributed by atoms with E-state index >= 15 is 0 Å². The molecule has 0 radical (unpaired) electrons. The Bertz CT molecular complexity index is 1170. The minimum Gasteiger partial charge on any atom is -0.486 e. The second-order valence-electron chi connectivity index (χ2n) is 7.91. The predicted molar refractivity (Wildman–Crippen MR) is 129 cm³/mol. The van der Waals surface area contributed by atoms with Crippen LogP contribution in [0.1, 0.15) is 25.3 Å². The second-order valence-corrected chi connectivity index (χ2v) is 8.32. The third-order valence-corrected chi connectivity index (χ3v) is 5.92. The molecule has 0 atom stereocenters. The Morgan fingerprint density at radius 1 is 1.12 bits per heavy atom. The standard InChI is InChI=1S/C24H25ClN4O5/c1-3-28(14-22(30)26-16-5-8-20-21(12-16)34-11-10-33-20)24(32)19-7-9-23(31)29(27-19)17-6-4-15(2)18(25)13-17/h4-6,8,12-13H,3,7,9-11,14H2,1-2H3,(H,26,30). The summed E-state index contributed by atoms with van der Waals surface area (Å²) in [5, 5.41) is 8.79. The van der Waals surface area contributed by atoms with Crippen LogP contribution in [-0.4, -0.2) is 54.6 Å². The van der Waals surface area contributed by atoms with E-state index in [0.717, 1.165) is 5.56 Å². The zero-order valence-electron chi connectivity index (χ0n) is 19.0. The summed E-state index contributed by atoms with van der Waals surface area (Å²) in [6.07, 6.45) is 0.338. The van der Waals surface area contributed by atoms with Gasteiger partial charge in [0.15, 0.2) is 11.5 Å². The number of nitrogens with zero attached hydrogens (tertiary/aromatic N) is 3. The van der Waals surface area contributed by atoms with Crippen LogP contribution in [-0.2, 0) is 14.4 Å². The van der Waals surface area contributed by atoms with E-state index in [-0.39, 0.29) is 36.9 Å². The lowest BCUT2D eigenvalue weighted by molar-refractivity contribution is -0.129. The Labute approximate surface area is 202 Å². The largest absolute Gasteiger partial charge is 0.486 e. The Morgan fingerprint density at radius 2 is 1.88 bits per heavy atom. The molecule has 0 spiro atoms. The van der Waals surface area contributed by atoms with Gasteiger partial charge in [-0.25, -0.2) is 5.01 Å². The van der Waals surface area contributed by atoms with Crippen molar-refractivity contribution in [1.29, 1.82) is 0 Å². The maximum atomic E-state index is 13.1. The molecule has 0 bridgehead atoms. The molecule has 34 heavy (non-hydrogen) atoms. The number of hydrazone groups is 1. The molecule has 0 saturated heterocycles. The molecule has 0 saturated carbocycles. The number of benzene rings is 2. The number of anilines is 2. The van der Waals surface area contributed by atoms with Gasteiger partial charge in [0.25, 0.3) is 5.91 Å². The van der Waals surface area contributed by atoms with Gasteiger partial charge < -0.3 is 19.7 Å². The third kappa shape index (κ3) is 5.14. The van der Waals surface area contributed by atoms with Crippen molar-refractivity contribution < 1.29 is 23.9 Å². The van der Waals surface area contributed by atoms with Crippen LogP contribution in [0.4, 0.5) is 11.4 Å². The number of rotatable bonds is 6. The van der Waals surface area contributed by atoms with Gasteiger partial charge in [0, 0.05) is 36.2 Å². The summed E-state index contributed by atoms with van der Waals surface area (Å²) in [5.74, 6) is 0.205. The van der Waals surface area contributed by atoms with E-state index < -0.39 is 5.91 Å². The lowest BCUT2D eigenvalue weighted by atomic mass is 10.1. The molecule has 3 amide bonds. The van der Waals surface area contributed by atoms with Crippen molar-refractivity contribution in [2.75, 3.05) is 36.6 Å². The molecule has 1 N–H and O–H groups in total. The van der Waals surface area contributed by atoms with E-state index in [2.05, 4.69) is 10.4 Å². The lowest BCUT2D eigenvalue weighted by Crippen LogP contribution is -2.44. The number of amides is 3. The fourth-order valence-electron chi connectivity index (χ4n) is 3.63. The number of nitrogens with one attached hydrogen (secondary N) is 1. The zero-order valence-corrected chi connectivity index (χ0v) is 19.7. The summed E-state index contributed by atoms with van der Waals surface area (Å²) in [7, 11) is 0. The Morgan fingerprint density at radius 3 is 2.62 bits per heavy atom. The number of carbonyl (C=O) groups excluding carboxylic acids is 3. The molecule has 178 valence electrons. The molecule has 0 unspecified atom stereocenters. The van der Waals surface area contributed by atoms with E-state index in [1.165, 1.54) is 9.91 Å². The van der Waals surface area contributed by atoms with Crippen LogP contribution in [0.2, 0.25) is 5.02 Å². The highest BCUT2D eigenvalue weighted by Crippen LogP contribution is 2.32. The number of halogens is 1. The van der Waals surface area contributed by atoms with Gasteiger partial charge in [-0.3, -0.25) is 14.4 Å². The lowest BCUT2D eigenvalue weighted by Gasteiger charge is -2.26. The molecular formula is C24H25ClN4O5. The number of carbonyl (C=O) groups is 3. The van der Waals surface area contributed by atoms with E-state index in [0.29, 0.717) is 47.7 Å². The summed E-state index contributed by atoms with van der Waals surface area (Å²) in [6.45, 7) is 4.71. The van der Waals surface area contributed by atoms with Crippen molar-refractivity contribution in [2.24, 2.45) is 5.10 Å². The van der Waals surface area contributed by atoms with Gasteiger partial charge >= 0.3 is 0 Å². The minimum absolute atomic E-state index is 0.136. The molecule has 4 rings (SSSR count). The summed E-state index contributed by atoms with van der Waals surface area (Å²) in [4.78, 5) is 39.6. The van der Waals surface area contributed by atoms with Crippen molar-refractivity contribution in [2.45, 2.75) is 26.7 Å². The second kappa shape index (κ2) is 10.1. The smallest absolute Gasteiger partial charge is 0.270 e. The quantitative estimate of drug-likeness (QED) is 0.677. The molecule has 2 aromatic rings. The van der Waals surface area contributed by atoms with Crippen LogP contribution in [0.3, 0.4) is 0 Å². The van der Waals surface area contributed by atoms with Gasteiger partial charge in [-0.15, -0.1) is 0 Å². The zero-order chi connectivity index (χ0) is 24.2. The van der Waals surface area contributed by atoms with Crippen molar-refractivity contribution in [3.8, 4) is 11.5 Å². The van der Waals surface area contributed by atoms with Crippen molar-refractivity contribution in [3.63, 3.8) is 0 Å². The normalized spacial score (nSPS) is 15.0. The van der Waals surface area contributed by atoms with E-state index in [4.69, 9.17) is 21.1 Å². The minimum atomic E-state index is -0.393. The SMILES string of the molecule is CCN(CC(=O)Nc1ccc2c(c1)OCCO2)C(=O)C1=NN(c2ccc(C)c(Cl)c2)C(=O)CC1. The van der Waals surface area contributed by atoms with Crippen LogP contribution in [0.15, 0.2) is 41.5 Å². The fourth-order valence-corrected chi connectivity index (χ4v) is 3.80. The van der Waals surface area contributed by atoms with Gasteiger partial charge in [-0.1, -0.05) is 17.7 Å². The molecule has 0 fully saturated rings. The number of ether oxygens (including phenoxy) is 2. The monoisotopic (exact) mass is 484 g/mol. The number of fused-ring (bicyclic) bond motifs is 1. The van der Waals surface area contributed by atoms with E-state index in [1.54, 1.807) is 43.3 Å². The number of hydrogen-bond acceptors (Lipinski definition) is 6. The van der Waals surface area contributed by atoms with Gasteiger partial charge in [-0.05, 0) is 43.7 Å². The average molecular weight is 485 g/mol. The average Bonchev–Trinajstić information content (AvgIpc) is 2.84. The first kappa shape index (κ1) is 23.6. The van der Waals surface area contributed by atoms with Gasteiger partial charge in [0.05, 0.1) is 5.69 Å². The van der Waals surface area contributed by atoms with Crippen LogP contribution < -0.4 is 19.8 Å². The first-order valence-corrected chi connectivity index (χ1v) is 11.4. The highest BCUT2D eigenvalue weighted by atomic mass is 35.5.